The van der Waals surface area contributed by atoms with Crippen molar-refractivity contribution in [2.45, 2.75) is 13.0 Å². The number of rotatable bonds is 5. The van der Waals surface area contributed by atoms with Crippen LogP contribution in [0.4, 0.5) is 9.18 Å². The Morgan fingerprint density at radius 3 is 2.39 bits per heavy atom. The van der Waals surface area contributed by atoms with Gasteiger partial charge in [0, 0.05) is 37.7 Å². The van der Waals surface area contributed by atoms with Crippen molar-refractivity contribution in [2.24, 2.45) is 0 Å². The molecule has 1 aliphatic rings. The third-order valence-electron chi connectivity index (χ3n) is 5.06. The lowest BCUT2D eigenvalue weighted by molar-refractivity contribution is -0.126. The summed E-state index contributed by atoms with van der Waals surface area (Å²) in [5.41, 5.74) is 0.666. The smallest absolute Gasteiger partial charge is 0.321 e. The molecule has 1 fully saturated rings. The lowest BCUT2D eigenvalue weighted by atomic mass is 10.0. The van der Waals surface area contributed by atoms with Gasteiger partial charge in [-0.1, -0.05) is 41.9 Å². The number of halogens is 2. The number of carbonyl (C=O) groups excluding carboxylic acids is 3. The summed E-state index contributed by atoms with van der Waals surface area (Å²) in [6, 6.07) is 11.8. The van der Waals surface area contributed by atoms with Crippen LogP contribution in [0.3, 0.4) is 0 Å². The van der Waals surface area contributed by atoms with Crippen LogP contribution in [0.1, 0.15) is 28.9 Å². The molecule has 9 heteroatoms. The molecule has 0 spiro atoms. The van der Waals surface area contributed by atoms with Gasteiger partial charge in [0.25, 0.3) is 5.91 Å². The highest BCUT2D eigenvalue weighted by Crippen LogP contribution is 2.24. The summed E-state index contributed by atoms with van der Waals surface area (Å²) < 4.78 is 14.1. The van der Waals surface area contributed by atoms with Crippen LogP contribution in [0.5, 0.6) is 0 Å². The van der Waals surface area contributed by atoms with Crippen LogP contribution in [0.2, 0.25) is 5.02 Å². The number of piperazine rings is 1. The zero-order valence-electron chi connectivity index (χ0n) is 17.1. The molecule has 2 N–H and O–H groups in total. The van der Waals surface area contributed by atoms with E-state index in [2.05, 4.69) is 10.6 Å². The van der Waals surface area contributed by atoms with E-state index in [1.54, 1.807) is 6.92 Å². The first kappa shape index (κ1) is 22.7. The van der Waals surface area contributed by atoms with Crippen LogP contribution in [0.25, 0.3) is 0 Å². The van der Waals surface area contributed by atoms with E-state index >= 15 is 0 Å². The summed E-state index contributed by atoms with van der Waals surface area (Å²) in [5, 5.41) is 5.21. The number of urea groups is 1. The van der Waals surface area contributed by atoms with E-state index in [-0.39, 0.29) is 10.6 Å². The quantitative estimate of drug-likeness (QED) is 0.740. The fourth-order valence-corrected chi connectivity index (χ4v) is 3.74. The van der Waals surface area contributed by atoms with Crippen LogP contribution >= 0.6 is 11.6 Å². The molecule has 1 heterocycles. The van der Waals surface area contributed by atoms with Gasteiger partial charge in [-0.25, -0.2) is 9.18 Å². The van der Waals surface area contributed by atoms with Crippen LogP contribution in [-0.2, 0) is 4.79 Å². The minimum absolute atomic E-state index is 0.0745. The molecule has 0 bridgehead atoms. The van der Waals surface area contributed by atoms with Gasteiger partial charge >= 0.3 is 6.03 Å². The fraction of sp³-hybridized carbons (Fsp3) is 0.318. The predicted octanol–water partition coefficient (Wildman–Crippen LogP) is 2.82. The maximum absolute atomic E-state index is 14.1. The highest BCUT2D eigenvalue weighted by atomic mass is 35.5. The number of hydrogen-bond donors (Lipinski definition) is 2. The van der Waals surface area contributed by atoms with E-state index in [0.717, 1.165) is 5.56 Å². The monoisotopic (exact) mass is 446 g/mol. The molecule has 1 aliphatic heterocycles. The van der Waals surface area contributed by atoms with Crippen molar-refractivity contribution in [1.29, 1.82) is 0 Å². The first-order chi connectivity index (χ1) is 14.9. The van der Waals surface area contributed by atoms with Gasteiger partial charge in [-0.15, -0.1) is 0 Å². The Morgan fingerprint density at radius 1 is 1.06 bits per heavy atom. The van der Waals surface area contributed by atoms with Crippen molar-refractivity contribution in [3.8, 4) is 0 Å². The summed E-state index contributed by atoms with van der Waals surface area (Å²) in [7, 11) is 0. The van der Waals surface area contributed by atoms with Crippen LogP contribution in [0, 0.1) is 5.82 Å². The molecular weight excluding hydrogens is 423 g/mol. The number of imide groups is 1. The van der Waals surface area contributed by atoms with Gasteiger partial charge in [-0.05, 0) is 30.7 Å². The van der Waals surface area contributed by atoms with Gasteiger partial charge in [-0.2, -0.15) is 0 Å². The van der Waals surface area contributed by atoms with E-state index in [1.165, 1.54) is 23.1 Å². The minimum atomic E-state index is -0.691. The van der Waals surface area contributed by atoms with E-state index < -0.39 is 29.7 Å². The Morgan fingerprint density at radius 2 is 1.74 bits per heavy atom. The number of hydrogen-bond acceptors (Lipinski definition) is 4. The standard InChI is InChI=1S/C22H24ClFN4O3/c1-2-25-22(31)26-20(29)19(15-6-4-3-5-7-15)27-10-12-28(13-11-27)21(30)17-14-16(23)8-9-18(17)24/h3-9,14,19H,2,10-13H2,1H3,(H2,25,26,29,31). The van der Waals surface area contributed by atoms with E-state index in [4.69, 9.17) is 11.6 Å². The molecule has 7 nitrogen and oxygen atoms in total. The molecule has 0 radical (unpaired) electrons. The van der Waals surface area contributed by atoms with Crippen LogP contribution in [0.15, 0.2) is 48.5 Å². The number of benzene rings is 2. The molecule has 164 valence electrons. The number of nitrogens with one attached hydrogen (secondary N) is 2. The SMILES string of the molecule is CCNC(=O)NC(=O)C(c1ccccc1)N1CCN(C(=O)c2cc(Cl)ccc2F)CC1. The second kappa shape index (κ2) is 10.4. The van der Waals surface area contributed by atoms with Gasteiger partial charge in [0.2, 0.25) is 5.91 Å². The van der Waals surface area contributed by atoms with E-state index in [1.807, 2.05) is 35.2 Å². The molecule has 0 aliphatic carbocycles. The number of nitrogens with zero attached hydrogens (tertiary/aromatic N) is 2. The molecule has 1 saturated heterocycles. The van der Waals surface area contributed by atoms with Crippen LogP contribution < -0.4 is 10.6 Å². The average Bonchev–Trinajstić information content (AvgIpc) is 2.76. The maximum Gasteiger partial charge on any atom is 0.321 e. The van der Waals surface area contributed by atoms with Crippen molar-refractivity contribution in [1.82, 2.24) is 20.4 Å². The molecule has 2 aromatic carbocycles. The van der Waals surface area contributed by atoms with Crippen molar-refractivity contribution < 1.29 is 18.8 Å². The van der Waals surface area contributed by atoms with Crippen molar-refractivity contribution >= 4 is 29.4 Å². The van der Waals surface area contributed by atoms with Crippen molar-refractivity contribution in [3.05, 3.63) is 70.5 Å². The predicted molar refractivity (Wildman–Crippen MR) is 115 cm³/mol. The molecule has 1 unspecified atom stereocenters. The average molecular weight is 447 g/mol. The molecule has 0 aromatic heterocycles. The zero-order chi connectivity index (χ0) is 22.4. The molecule has 3 rings (SSSR count). The molecule has 0 saturated carbocycles. The summed E-state index contributed by atoms with van der Waals surface area (Å²) in [4.78, 5) is 40.9. The first-order valence-electron chi connectivity index (χ1n) is 10.0. The second-order valence-electron chi connectivity index (χ2n) is 7.11. The molecular formula is C22H24ClFN4O3. The first-order valence-corrected chi connectivity index (χ1v) is 10.4. The van der Waals surface area contributed by atoms with E-state index in [9.17, 15) is 18.8 Å². The summed E-state index contributed by atoms with van der Waals surface area (Å²) >= 11 is 5.91. The van der Waals surface area contributed by atoms with Gasteiger partial charge in [0.1, 0.15) is 11.9 Å². The Bertz CT molecular complexity index is 949. The number of carbonyl (C=O) groups is 3. The van der Waals surface area contributed by atoms with Gasteiger partial charge in [0.15, 0.2) is 0 Å². The second-order valence-corrected chi connectivity index (χ2v) is 7.55. The largest absolute Gasteiger partial charge is 0.338 e. The normalized spacial score (nSPS) is 15.3. The van der Waals surface area contributed by atoms with Gasteiger partial charge in [0.05, 0.1) is 5.56 Å². The highest BCUT2D eigenvalue weighted by Gasteiger charge is 2.33. The third kappa shape index (κ3) is 5.59. The molecule has 1 atom stereocenters. The lowest BCUT2D eigenvalue weighted by Crippen LogP contribution is -2.53. The zero-order valence-corrected chi connectivity index (χ0v) is 17.9. The molecule has 2 aromatic rings. The Balaban J connectivity index is 1.73. The van der Waals surface area contributed by atoms with E-state index in [0.29, 0.717) is 32.7 Å². The molecule has 31 heavy (non-hydrogen) atoms. The third-order valence-corrected chi connectivity index (χ3v) is 5.30. The minimum Gasteiger partial charge on any atom is -0.338 e. The van der Waals surface area contributed by atoms with Crippen LogP contribution in [-0.4, -0.2) is 60.4 Å². The van der Waals surface area contributed by atoms with Crippen molar-refractivity contribution in [3.63, 3.8) is 0 Å². The van der Waals surface area contributed by atoms with Crippen molar-refractivity contribution in [2.75, 3.05) is 32.7 Å². The summed E-state index contributed by atoms with van der Waals surface area (Å²) in [5.74, 6) is -1.51. The topological polar surface area (TPSA) is 81.8 Å². The Labute approximate surface area is 185 Å². The summed E-state index contributed by atoms with van der Waals surface area (Å²) in [6.07, 6.45) is 0. The fourth-order valence-electron chi connectivity index (χ4n) is 3.56. The Kier molecular flexibility index (Phi) is 7.59. The summed E-state index contributed by atoms with van der Waals surface area (Å²) in [6.45, 7) is 3.55. The number of amides is 4. The highest BCUT2D eigenvalue weighted by molar-refractivity contribution is 6.31. The van der Waals surface area contributed by atoms with Gasteiger partial charge in [-0.3, -0.25) is 19.8 Å². The maximum atomic E-state index is 14.1. The van der Waals surface area contributed by atoms with Gasteiger partial charge < -0.3 is 10.2 Å². The lowest BCUT2D eigenvalue weighted by Gasteiger charge is -2.38. The molecule has 4 amide bonds. The Hall–Kier alpha value is -2.97.